The minimum Gasteiger partial charge on any atom is -0.496 e. The fourth-order valence-electron chi connectivity index (χ4n) is 3.85. The van der Waals surface area contributed by atoms with Gasteiger partial charge in [-0.15, -0.1) is 0 Å². The molecule has 1 amide bonds. The lowest BCUT2D eigenvalue weighted by molar-refractivity contribution is 0.0734. The third-order valence-corrected chi connectivity index (χ3v) is 5.43. The van der Waals surface area contributed by atoms with Crippen LogP contribution in [0.5, 0.6) is 17.2 Å². The molecule has 2 heterocycles. The van der Waals surface area contributed by atoms with E-state index in [1.807, 2.05) is 41.3 Å². The summed E-state index contributed by atoms with van der Waals surface area (Å²) in [6.45, 7) is 2.85. The van der Waals surface area contributed by atoms with Crippen molar-refractivity contribution in [3.63, 3.8) is 0 Å². The van der Waals surface area contributed by atoms with Crippen LogP contribution in [0.25, 0.3) is 11.3 Å². The zero-order chi connectivity index (χ0) is 21.3. The average molecular weight is 408 g/mol. The van der Waals surface area contributed by atoms with Crippen molar-refractivity contribution in [2.24, 2.45) is 0 Å². The van der Waals surface area contributed by atoms with Gasteiger partial charge in [-0.2, -0.15) is 0 Å². The summed E-state index contributed by atoms with van der Waals surface area (Å²) in [4.78, 5) is 15.3. The average Bonchev–Trinajstić information content (AvgIpc) is 3.18. The maximum Gasteiger partial charge on any atom is 0.260 e. The van der Waals surface area contributed by atoms with E-state index in [1.54, 1.807) is 28.3 Å². The molecule has 0 saturated heterocycles. The summed E-state index contributed by atoms with van der Waals surface area (Å²) in [6, 6.07) is 11.4. The van der Waals surface area contributed by atoms with Crippen LogP contribution in [0.1, 0.15) is 27.2 Å². The molecule has 0 saturated carbocycles. The summed E-state index contributed by atoms with van der Waals surface area (Å²) in [7, 11) is 4.82. The molecule has 0 aliphatic carbocycles. The number of ether oxygens (including phenoxy) is 3. The largest absolute Gasteiger partial charge is 0.496 e. The van der Waals surface area contributed by atoms with E-state index in [2.05, 4.69) is 5.16 Å². The molecule has 7 heteroatoms. The van der Waals surface area contributed by atoms with E-state index in [9.17, 15) is 4.79 Å². The van der Waals surface area contributed by atoms with Crippen LogP contribution in [-0.4, -0.2) is 43.8 Å². The smallest absolute Gasteiger partial charge is 0.260 e. The molecule has 30 heavy (non-hydrogen) atoms. The number of amides is 1. The van der Waals surface area contributed by atoms with Crippen LogP contribution in [0.3, 0.4) is 0 Å². The van der Waals surface area contributed by atoms with Gasteiger partial charge in [0, 0.05) is 13.1 Å². The lowest BCUT2D eigenvalue weighted by atomic mass is 9.97. The van der Waals surface area contributed by atoms with Crippen LogP contribution in [0, 0.1) is 6.92 Å². The Kier molecular flexibility index (Phi) is 5.35. The van der Waals surface area contributed by atoms with Gasteiger partial charge in [-0.1, -0.05) is 17.3 Å². The Balaban J connectivity index is 1.68. The second kappa shape index (κ2) is 8.10. The minimum absolute atomic E-state index is 0.116. The van der Waals surface area contributed by atoms with Crippen molar-refractivity contribution >= 4 is 5.91 Å². The number of para-hydroxylation sites is 1. The van der Waals surface area contributed by atoms with E-state index in [0.29, 0.717) is 52.9 Å². The number of hydrogen-bond donors (Lipinski definition) is 0. The van der Waals surface area contributed by atoms with E-state index in [1.165, 1.54) is 0 Å². The molecule has 1 aromatic heterocycles. The molecule has 4 rings (SSSR count). The molecular weight excluding hydrogens is 384 g/mol. The van der Waals surface area contributed by atoms with Gasteiger partial charge >= 0.3 is 0 Å². The molecule has 0 atom stereocenters. The fraction of sp³-hybridized carbons (Fsp3) is 0.304. The number of nitrogens with zero attached hydrogens (tertiary/aromatic N) is 2. The topological polar surface area (TPSA) is 74.0 Å². The van der Waals surface area contributed by atoms with E-state index >= 15 is 0 Å². The standard InChI is InChI=1S/C23H24N2O5/c1-14-21(22(30-24-14)17-7-5-6-8-18(17)27-2)23(26)25-10-9-15-11-19(28-3)20(29-4)12-16(15)13-25/h5-8,11-12H,9-10,13H2,1-4H3. The first-order valence-corrected chi connectivity index (χ1v) is 9.70. The van der Waals surface area contributed by atoms with Crippen molar-refractivity contribution < 1.29 is 23.5 Å². The van der Waals surface area contributed by atoms with Crippen LogP contribution >= 0.6 is 0 Å². The second-order valence-electron chi connectivity index (χ2n) is 7.13. The van der Waals surface area contributed by atoms with E-state index in [4.69, 9.17) is 18.7 Å². The molecule has 156 valence electrons. The molecule has 0 spiro atoms. The van der Waals surface area contributed by atoms with Gasteiger partial charge in [0.15, 0.2) is 17.3 Å². The highest BCUT2D eigenvalue weighted by atomic mass is 16.5. The molecule has 0 fully saturated rings. The molecule has 7 nitrogen and oxygen atoms in total. The summed E-state index contributed by atoms with van der Waals surface area (Å²) in [5.41, 5.74) is 3.92. The maximum atomic E-state index is 13.5. The van der Waals surface area contributed by atoms with Gasteiger partial charge in [0.2, 0.25) is 0 Å². The molecule has 0 radical (unpaired) electrons. The van der Waals surface area contributed by atoms with Crippen molar-refractivity contribution in [2.75, 3.05) is 27.9 Å². The summed E-state index contributed by atoms with van der Waals surface area (Å²) in [5.74, 6) is 2.29. The van der Waals surface area contributed by atoms with Crippen molar-refractivity contribution in [3.8, 4) is 28.6 Å². The van der Waals surface area contributed by atoms with Crippen molar-refractivity contribution in [3.05, 3.63) is 58.8 Å². The summed E-state index contributed by atoms with van der Waals surface area (Å²) < 4.78 is 21.8. The fourth-order valence-corrected chi connectivity index (χ4v) is 3.85. The number of carbonyl (C=O) groups is 1. The van der Waals surface area contributed by atoms with E-state index < -0.39 is 0 Å². The Bertz CT molecular complexity index is 1090. The van der Waals surface area contributed by atoms with E-state index in [-0.39, 0.29) is 5.91 Å². The predicted octanol–water partition coefficient (Wildman–Crippen LogP) is 3.87. The first-order valence-electron chi connectivity index (χ1n) is 9.70. The van der Waals surface area contributed by atoms with Gasteiger partial charge in [0.1, 0.15) is 11.3 Å². The van der Waals surface area contributed by atoms with Gasteiger partial charge < -0.3 is 23.6 Å². The summed E-state index contributed by atoms with van der Waals surface area (Å²) >= 11 is 0. The lowest BCUT2D eigenvalue weighted by Crippen LogP contribution is -2.36. The zero-order valence-electron chi connectivity index (χ0n) is 17.5. The monoisotopic (exact) mass is 408 g/mol. The molecular formula is C23H24N2O5. The molecule has 2 aromatic carbocycles. The Morgan fingerprint density at radius 1 is 1.00 bits per heavy atom. The van der Waals surface area contributed by atoms with Crippen molar-refractivity contribution in [1.29, 1.82) is 0 Å². The number of hydrogen-bond acceptors (Lipinski definition) is 6. The number of rotatable bonds is 5. The third kappa shape index (κ3) is 3.36. The number of methoxy groups -OCH3 is 3. The summed E-state index contributed by atoms with van der Waals surface area (Å²) in [5, 5.41) is 4.06. The molecule has 1 aliphatic heterocycles. The van der Waals surface area contributed by atoms with Crippen LogP contribution in [0.4, 0.5) is 0 Å². The highest BCUT2D eigenvalue weighted by Gasteiger charge is 2.30. The first-order chi connectivity index (χ1) is 14.6. The number of fused-ring (bicyclic) bond motifs is 1. The van der Waals surface area contributed by atoms with Crippen LogP contribution in [0.2, 0.25) is 0 Å². The Labute approximate surface area is 175 Å². The molecule has 0 unspecified atom stereocenters. The van der Waals surface area contributed by atoms with Crippen LogP contribution in [0.15, 0.2) is 40.9 Å². The molecule has 3 aromatic rings. The first kappa shape index (κ1) is 19.8. The molecule has 1 aliphatic rings. The van der Waals surface area contributed by atoms with E-state index in [0.717, 1.165) is 17.5 Å². The van der Waals surface area contributed by atoms with Crippen molar-refractivity contribution in [1.82, 2.24) is 10.1 Å². The number of aryl methyl sites for hydroxylation is 1. The normalized spacial score (nSPS) is 13.0. The van der Waals surface area contributed by atoms with Gasteiger partial charge in [-0.25, -0.2) is 0 Å². The maximum absolute atomic E-state index is 13.5. The van der Waals surface area contributed by atoms with Gasteiger partial charge in [0.05, 0.1) is 32.6 Å². The highest BCUT2D eigenvalue weighted by molar-refractivity contribution is 6.01. The quantitative estimate of drug-likeness (QED) is 0.638. The Morgan fingerprint density at radius 3 is 2.37 bits per heavy atom. The predicted molar refractivity (Wildman–Crippen MR) is 111 cm³/mol. The number of benzene rings is 2. The SMILES string of the molecule is COc1cc2c(cc1OC)CN(C(=O)c1c(C)noc1-c1ccccc1OC)CC2. The number of aromatic nitrogens is 1. The lowest BCUT2D eigenvalue weighted by Gasteiger charge is -2.29. The Morgan fingerprint density at radius 2 is 1.67 bits per heavy atom. The highest BCUT2D eigenvalue weighted by Crippen LogP contribution is 2.36. The molecule has 0 bridgehead atoms. The summed E-state index contributed by atoms with van der Waals surface area (Å²) in [6.07, 6.45) is 0.732. The minimum atomic E-state index is -0.116. The second-order valence-corrected chi connectivity index (χ2v) is 7.13. The molecule has 0 N–H and O–H groups in total. The van der Waals surface area contributed by atoms with Gasteiger partial charge in [-0.3, -0.25) is 4.79 Å². The third-order valence-electron chi connectivity index (χ3n) is 5.43. The number of carbonyl (C=O) groups excluding carboxylic acids is 1. The van der Waals surface area contributed by atoms with Crippen LogP contribution in [-0.2, 0) is 13.0 Å². The Hall–Kier alpha value is -3.48. The zero-order valence-corrected chi connectivity index (χ0v) is 17.5. The van der Waals surface area contributed by atoms with Crippen LogP contribution < -0.4 is 14.2 Å². The van der Waals surface area contributed by atoms with Crippen molar-refractivity contribution in [2.45, 2.75) is 19.9 Å². The van der Waals surface area contributed by atoms with Gasteiger partial charge in [0.25, 0.3) is 5.91 Å². The van der Waals surface area contributed by atoms with Gasteiger partial charge in [-0.05, 0) is 48.7 Å².